The largest absolute Gasteiger partial charge is 0.481 e. The summed E-state index contributed by atoms with van der Waals surface area (Å²) in [4.78, 5) is 12.8. The number of likely N-dealkylation sites (tertiary alicyclic amines) is 1. The zero-order valence-electron chi connectivity index (χ0n) is 12.0. The minimum atomic E-state index is -0.773. The normalized spacial score (nSPS) is 19.6. The van der Waals surface area contributed by atoms with Gasteiger partial charge in [0.05, 0.1) is 6.42 Å². The zero-order chi connectivity index (χ0) is 15.2. The molecule has 0 amide bonds. The van der Waals surface area contributed by atoms with Crippen molar-refractivity contribution < 1.29 is 18.7 Å². The summed E-state index contributed by atoms with van der Waals surface area (Å²) in [6, 6.07) is 3.73. The summed E-state index contributed by atoms with van der Waals surface area (Å²) >= 11 is 0. The van der Waals surface area contributed by atoms with Crippen LogP contribution in [0.4, 0.5) is 8.78 Å². The molecule has 0 spiro atoms. The highest BCUT2D eigenvalue weighted by Crippen LogP contribution is 2.22. The Morgan fingerprint density at radius 2 is 2.19 bits per heavy atom. The summed E-state index contributed by atoms with van der Waals surface area (Å²) in [7, 11) is 0. The van der Waals surface area contributed by atoms with Crippen LogP contribution in [0.25, 0.3) is 0 Å². The Labute approximate surface area is 123 Å². The van der Waals surface area contributed by atoms with Crippen LogP contribution in [0, 0.1) is 17.6 Å². The van der Waals surface area contributed by atoms with Crippen LogP contribution >= 0.6 is 0 Å². The molecule has 116 valence electrons. The average molecular weight is 297 g/mol. The van der Waals surface area contributed by atoms with Crippen molar-refractivity contribution in [1.82, 2.24) is 4.90 Å². The first kappa shape index (κ1) is 15.9. The third-order valence-corrected chi connectivity index (χ3v) is 4.08. The molecule has 1 aromatic carbocycles. The highest BCUT2D eigenvalue weighted by atomic mass is 19.1. The fourth-order valence-corrected chi connectivity index (χ4v) is 2.93. The van der Waals surface area contributed by atoms with E-state index in [0.29, 0.717) is 24.4 Å². The maximum atomic E-state index is 13.6. The number of halogens is 2. The van der Waals surface area contributed by atoms with Crippen LogP contribution in [0.2, 0.25) is 0 Å². The van der Waals surface area contributed by atoms with Crippen molar-refractivity contribution in [3.63, 3.8) is 0 Å². The van der Waals surface area contributed by atoms with Crippen LogP contribution in [0.15, 0.2) is 18.2 Å². The summed E-state index contributed by atoms with van der Waals surface area (Å²) in [6.45, 7) is 2.39. The first-order valence-electron chi connectivity index (χ1n) is 7.42. The van der Waals surface area contributed by atoms with E-state index in [-0.39, 0.29) is 6.42 Å². The lowest BCUT2D eigenvalue weighted by atomic mass is 9.91. The summed E-state index contributed by atoms with van der Waals surface area (Å²) in [5.74, 6) is -1.34. The number of hydrogen-bond donors (Lipinski definition) is 1. The van der Waals surface area contributed by atoms with Crippen LogP contribution in [0.5, 0.6) is 0 Å². The second kappa shape index (κ2) is 7.50. The molecule has 2 rings (SSSR count). The molecule has 1 aliphatic rings. The van der Waals surface area contributed by atoms with Gasteiger partial charge in [-0.1, -0.05) is 6.07 Å². The van der Waals surface area contributed by atoms with Gasteiger partial charge in [0.2, 0.25) is 0 Å². The Hall–Kier alpha value is -1.49. The fourth-order valence-electron chi connectivity index (χ4n) is 2.93. The van der Waals surface area contributed by atoms with Crippen molar-refractivity contribution >= 4 is 5.97 Å². The molecule has 0 saturated carbocycles. The van der Waals surface area contributed by atoms with Gasteiger partial charge in [0.1, 0.15) is 11.6 Å². The second-order valence-electron chi connectivity index (χ2n) is 5.73. The average Bonchev–Trinajstić information content (AvgIpc) is 2.45. The molecule has 0 radical (unpaired) electrons. The van der Waals surface area contributed by atoms with E-state index in [9.17, 15) is 13.6 Å². The van der Waals surface area contributed by atoms with Gasteiger partial charge in [0.15, 0.2) is 0 Å². The monoisotopic (exact) mass is 297 g/mol. The van der Waals surface area contributed by atoms with Crippen LogP contribution in [0.3, 0.4) is 0 Å². The maximum Gasteiger partial charge on any atom is 0.304 e. The number of hydrogen-bond acceptors (Lipinski definition) is 2. The third-order valence-electron chi connectivity index (χ3n) is 4.08. The van der Waals surface area contributed by atoms with E-state index >= 15 is 0 Å². The maximum absolute atomic E-state index is 13.6. The van der Waals surface area contributed by atoms with Crippen molar-refractivity contribution in [3.8, 4) is 0 Å². The van der Waals surface area contributed by atoms with E-state index in [2.05, 4.69) is 4.90 Å². The van der Waals surface area contributed by atoms with Gasteiger partial charge in [-0.15, -0.1) is 0 Å². The van der Waals surface area contributed by atoms with Gasteiger partial charge < -0.3 is 10.0 Å². The van der Waals surface area contributed by atoms with Crippen molar-refractivity contribution in [3.05, 3.63) is 35.4 Å². The number of benzene rings is 1. The minimum absolute atomic E-state index is 0.166. The number of nitrogens with zero attached hydrogens (tertiary/aromatic N) is 1. The number of rotatable bonds is 6. The van der Waals surface area contributed by atoms with Gasteiger partial charge in [0.25, 0.3) is 0 Å². The number of carbonyl (C=O) groups is 1. The predicted molar refractivity (Wildman–Crippen MR) is 76.1 cm³/mol. The Balaban J connectivity index is 1.81. The van der Waals surface area contributed by atoms with E-state index in [4.69, 9.17) is 5.11 Å². The molecule has 1 N–H and O–H groups in total. The van der Waals surface area contributed by atoms with Crippen LogP contribution in [-0.2, 0) is 11.2 Å². The molecule has 3 nitrogen and oxygen atoms in total. The lowest BCUT2D eigenvalue weighted by Gasteiger charge is -2.32. The standard InChI is InChI=1S/C16H21F2NO2/c17-14-6-5-13(15(18)10-14)4-3-12-2-1-8-19(11-12)9-7-16(20)21/h5-6,10,12H,1-4,7-9,11H2,(H,20,21)/t12-/m1/s1. The smallest absolute Gasteiger partial charge is 0.304 e. The predicted octanol–water partition coefficient (Wildman–Crippen LogP) is 3.08. The van der Waals surface area contributed by atoms with Crippen LogP contribution < -0.4 is 0 Å². The molecule has 5 heteroatoms. The quantitative estimate of drug-likeness (QED) is 0.877. The van der Waals surface area contributed by atoms with Gasteiger partial charge in [-0.3, -0.25) is 4.79 Å². The van der Waals surface area contributed by atoms with Crippen molar-refractivity contribution in [2.24, 2.45) is 5.92 Å². The Morgan fingerprint density at radius 1 is 1.38 bits per heavy atom. The lowest BCUT2D eigenvalue weighted by molar-refractivity contribution is -0.137. The van der Waals surface area contributed by atoms with Crippen molar-refractivity contribution in [2.45, 2.75) is 32.1 Å². The molecule has 1 atom stereocenters. The molecule has 0 aliphatic carbocycles. The third kappa shape index (κ3) is 5.08. The molecular formula is C16H21F2NO2. The molecule has 1 aromatic rings. The van der Waals surface area contributed by atoms with Gasteiger partial charge in [-0.05, 0) is 49.8 Å². The SMILES string of the molecule is O=C(O)CCN1CCC[C@H](CCc2ccc(F)cc2F)C1. The summed E-state index contributed by atoms with van der Waals surface area (Å²) in [5, 5.41) is 8.72. The number of piperidine rings is 1. The van der Waals surface area contributed by atoms with E-state index in [1.165, 1.54) is 12.1 Å². The van der Waals surface area contributed by atoms with Gasteiger partial charge >= 0.3 is 5.97 Å². The molecule has 1 fully saturated rings. The van der Waals surface area contributed by atoms with Crippen molar-refractivity contribution in [2.75, 3.05) is 19.6 Å². The first-order chi connectivity index (χ1) is 10.0. The Bertz CT molecular complexity index is 493. The lowest BCUT2D eigenvalue weighted by Crippen LogP contribution is -2.36. The highest BCUT2D eigenvalue weighted by molar-refractivity contribution is 5.66. The number of aryl methyl sites for hydroxylation is 1. The summed E-state index contributed by atoms with van der Waals surface area (Å²) in [5.41, 5.74) is 0.555. The van der Waals surface area contributed by atoms with Crippen LogP contribution in [-0.4, -0.2) is 35.6 Å². The first-order valence-corrected chi connectivity index (χ1v) is 7.42. The van der Waals surface area contributed by atoms with E-state index in [1.807, 2.05) is 0 Å². The van der Waals surface area contributed by atoms with E-state index in [1.54, 1.807) is 0 Å². The molecular weight excluding hydrogens is 276 g/mol. The number of carboxylic acids is 1. The van der Waals surface area contributed by atoms with Gasteiger partial charge in [-0.25, -0.2) is 8.78 Å². The number of aliphatic carboxylic acids is 1. The minimum Gasteiger partial charge on any atom is -0.481 e. The van der Waals surface area contributed by atoms with E-state index in [0.717, 1.165) is 38.4 Å². The molecule has 0 aromatic heterocycles. The molecule has 21 heavy (non-hydrogen) atoms. The van der Waals surface area contributed by atoms with Gasteiger partial charge in [-0.2, -0.15) is 0 Å². The Kier molecular flexibility index (Phi) is 5.67. The molecule has 1 saturated heterocycles. The fraction of sp³-hybridized carbons (Fsp3) is 0.562. The van der Waals surface area contributed by atoms with E-state index < -0.39 is 17.6 Å². The van der Waals surface area contributed by atoms with Crippen LogP contribution in [0.1, 0.15) is 31.2 Å². The Morgan fingerprint density at radius 3 is 2.90 bits per heavy atom. The van der Waals surface area contributed by atoms with Gasteiger partial charge in [0, 0.05) is 19.2 Å². The molecule has 1 heterocycles. The topological polar surface area (TPSA) is 40.5 Å². The highest BCUT2D eigenvalue weighted by Gasteiger charge is 2.20. The number of carboxylic acid groups (broad SMARTS) is 1. The van der Waals surface area contributed by atoms with Crippen molar-refractivity contribution in [1.29, 1.82) is 0 Å². The molecule has 0 bridgehead atoms. The summed E-state index contributed by atoms with van der Waals surface area (Å²) < 4.78 is 26.4. The summed E-state index contributed by atoms with van der Waals surface area (Å²) in [6.07, 6.45) is 3.76. The molecule has 0 unspecified atom stereocenters. The molecule has 1 aliphatic heterocycles. The zero-order valence-corrected chi connectivity index (χ0v) is 12.0. The second-order valence-corrected chi connectivity index (χ2v) is 5.73.